The molecule has 0 spiro atoms. The summed E-state index contributed by atoms with van der Waals surface area (Å²) in [4.78, 5) is 19.6. The minimum absolute atomic E-state index is 0.00174. The van der Waals surface area contributed by atoms with Crippen molar-refractivity contribution in [2.45, 2.75) is 6.54 Å². The number of carbonyl (C=O) groups is 1. The lowest BCUT2D eigenvalue weighted by Crippen LogP contribution is -2.38. The van der Waals surface area contributed by atoms with E-state index in [-0.39, 0.29) is 12.5 Å². The Morgan fingerprint density at radius 3 is 2.86 bits per heavy atom. The van der Waals surface area contributed by atoms with Crippen molar-refractivity contribution in [3.63, 3.8) is 0 Å². The molecule has 0 atom stereocenters. The number of rotatable bonds is 8. The van der Waals surface area contributed by atoms with Gasteiger partial charge in [-0.15, -0.1) is 0 Å². The van der Waals surface area contributed by atoms with Crippen LogP contribution in [0.5, 0.6) is 0 Å². The van der Waals surface area contributed by atoms with Gasteiger partial charge in [-0.3, -0.25) is 9.69 Å². The largest absolute Gasteiger partial charge is 0.461 e. The summed E-state index contributed by atoms with van der Waals surface area (Å²) < 4.78 is 15.5. The highest BCUT2D eigenvalue weighted by atomic mass is 16.5. The van der Waals surface area contributed by atoms with E-state index in [1.807, 2.05) is 4.90 Å². The topological polar surface area (TPSA) is 84.8 Å². The van der Waals surface area contributed by atoms with Crippen LogP contribution in [-0.2, 0) is 16.1 Å². The fraction of sp³-hybridized carbons (Fsp3) is 0.500. The number of amides is 1. The van der Waals surface area contributed by atoms with E-state index in [1.165, 1.54) is 0 Å². The highest BCUT2D eigenvalue weighted by Crippen LogP contribution is 2.16. The second-order valence-corrected chi connectivity index (χ2v) is 4.98. The molecule has 120 valence electrons. The maximum absolute atomic E-state index is 11.9. The third-order valence-electron chi connectivity index (χ3n) is 3.04. The standard InChI is InChI=1S/C14H20N4O4/c1-17(2)13(19)10-18(6-8-20-3)9-12-15-14(16-22-12)11-5-4-7-21-11/h4-5,7H,6,8-10H2,1-3H3. The first-order valence-corrected chi connectivity index (χ1v) is 6.88. The molecule has 2 aromatic heterocycles. The van der Waals surface area contributed by atoms with E-state index in [1.54, 1.807) is 44.5 Å². The number of likely N-dealkylation sites (N-methyl/N-ethyl adjacent to an activating group) is 1. The van der Waals surface area contributed by atoms with Gasteiger partial charge in [0.15, 0.2) is 5.76 Å². The van der Waals surface area contributed by atoms with E-state index in [0.29, 0.717) is 37.2 Å². The van der Waals surface area contributed by atoms with Crippen LogP contribution in [0.4, 0.5) is 0 Å². The molecule has 0 aromatic carbocycles. The maximum Gasteiger partial charge on any atom is 0.241 e. The van der Waals surface area contributed by atoms with Crippen LogP contribution in [-0.4, -0.2) is 66.7 Å². The monoisotopic (exact) mass is 308 g/mol. The predicted octanol–water partition coefficient (Wildman–Crippen LogP) is 0.866. The third kappa shape index (κ3) is 4.40. The molecular weight excluding hydrogens is 288 g/mol. The summed E-state index contributed by atoms with van der Waals surface area (Å²) >= 11 is 0. The Morgan fingerprint density at radius 1 is 1.41 bits per heavy atom. The Labute approximate surface area is 128 Å². The first-order valence-electron chi connectivity index (χ1n) is 6.88. The lowest BCUT2D eigenvalue weighted by atomic mass is 10.4. The lowest BCUT2D eigenvalue weighted by molar-refractivity contribution is -0.130. The van der Waals surface area contributed by atoms with Crippen molar-refractivity contribution in [1.29, 1.82) is 0 Å². The maximum atomic E-state index is 11.9. The number of nitrogens with zero attached hydrogens (tertiary/aromatic N) is 4. The zero-order valence-electron chi connectivity index (χ0n) is 13.0. The molecule has 0 unspecified atom stereocenters. The molecule has 22 heavy (non-hydrogen) atoms. The van der Waals surface area contributed by atoms with Crippen LogP contribution in [0.2, 0.25) is 0 Å². The molecule has 0 fully saturated rings. The van der Waals surface area contributed by atoms with Crippen LogP contribution in [0.15, 0.2) is 27.3 Å². The van der Waals surface area contributed by atoms with Crippen molar-refractivity contribution in [3.05, 3.63) is 24.3 Å². The fourth-order valence-corrected chi connectivity index (χ4v) is 1.78. The molecule has 0 aliphatic carbocycles. The molecular formula is C14H20N4O4. The Morgan fingerprint density at radius 2 is 2.23 bits per heavy atom. The van der Waals surface area contributed by atoms with Gasteiger partial charge in [-0.05, 0) is 12.1 Å². The minimum atomic E-state index is 0.00174. The Hall–Kier alpha value is -2.19. The fourth-order valence-electron chi connectivity index (χ4n) is 1.78. The van der Waals surface area contributed by atoms with Gasteiger partial charge >= 0.3 is 0 Å². The number of hydrogen-bond donors (Lipinski definition) is 0. The zero-order chi connectivity index (χ0) is 15.9. The summed E-state index contributed by atoms with van der Waals surface area (Å²) in [7, 11) is 5.06. The molecule has 1 amide bonds. The summed E-state index contributed by atoms with van der Waals surface area (Å²) in [6.45, 7) is 1.74. The van der Waals surface area contributed by atoms with E-state index in [9.17, 15) is 4.79 Å². The average molecular weight is 308 g/mol. The van der Waals surface area contributed by atoms with Gasteiger partial charge in [0.1, 0.15) is 0 Å². The number of ether oxygens (including phenoxy) is 1. The second-order valence-electron chi connectivity index (χ2n) is 4.98. The van der Waals surface area contributed by atoms with Crippen LogP contribution in [0.1, 0.15) is 5.89 Å². The van der Waals surface area contributed by atoms with E-state index in [4.69, 9.17) is 13.7 Å². The number of furan rings is 1. The molecule has 2 aromatic rings. The van der Waals surface area contributed by atoms with Crippen LogP contribution in [0, 0.1) is 0 Å². The number of hydrogen-bond acceptors (Lipinski definition) is 7. The van der Waals surface area contributed by atoms with Crippen molar-refractivity contribution in [2.24, 2.45) is 0 Å². The molecule has 0 aliphatic heterocycles. The summed E-state index contributed by atoms with van der Waals surface area (Å²) in [5, 5.41) is 3.87. The van der Waals surface area contributed by atoms with Gasteiger partial charge in [0.05, 0.1) is 26.0 Å². The summed E-state index contributed by atoms with van der Waals surface area (Å²) in [6.07, 6.45) is 1.55. The number of carbonyl (C=O) groups excluding carboxylic acids is 1. The Kier molecular flexibility index (Phi) is 5.68. The second kappa shape index (κ2) is 7.71. The predicted molar refractivity (Wildman–Crippen MR) is 77.8 cm³/mol. The molecule has 0 N–H and O–H groups in total. The van der Waals surface area contributed by atoms with Gasteiger partial charge in [0.25, 0.3) is 0 Å². The molecule has 0 radical (unpaired) electrons. The molecule has 2 rings (SSSR count). The van der Waals surface area contributed by atoms with E-state index >= 15 is 0 Å². The zero-order valence-corrected chi connectivity index (χ0v) is 13.0. The van der Waals surface area contributed by atoms with Crippen molar-refractivity contribution in [3.8, 4) is 11.6 Å². The van der Waals surface area contributed by atoms with Crippen molar-refractivity contribution >= 4 is 5.91 Å². The molecule has 8 heteroatoms. The van der Waals surface area contributed by atoms with E-state index in [2.05, 4.69) is 10.1 Å². The summed E-state index contributed by atoms with van der Waals surface area (Å²) in [5.74, 6) is 1.37. The van der Waals surface area contributed by atoms with Gasteiger partial charge in [-0.2, -0.15) is 4.98 Å². The minimum Gasteiger partial charge on any atom is -0.461 e. The van der Waals surface area contributed by atoms with Crippen LogP contribution in [0.25, 0.3) is 11.6 Å². The van der Waals surface area contributed by atoms with Crippen LogP contribution >= 0.6 is 0 Å². The van der Waals surface area contributed by atoms with E-state index < -0.39 is 0 Å². The quantitative estimate of drug-likeness (QED) is 0.715. The lowest BCUT2D eigenvalue weighted by Gasteiger charge is -2.21. The summed E-state index contributed by atoms with van der Waals surface area (Å²) in [6, 6.07) is 3.51. The first kappa shape index (κ1) is 16.2. The molecule has 0 saturated carbocycles. The number of aromatic nitrogens is 2. The van der Waals surface area contributed by atoms with Gasteiger partial charge < -0.3 is 18.6 Å². The smallest absolute Gasteiger partial charge is 0.241 e. The highest BCUT2D eigenvalue weighted by molar-refractivity contribution is 5.77. The molecule has 0 saturated heterocycles. The van der Waals surface area contributed by atoms with Crippen molar-refractivity contribution in [2.75, 3.05) is 40.9 Å². The number of methoxy groups -OCH3 is 1. The molecule has 2 heterocycles. The van der Waals surface area contributed by atoms with Gasteiger partial charge in [-0.1, -0.05) is 5.16 Å². The third-order valence-corrected chi connectivity index (χ3v) is 3.04. The Balaban J connectivity index is 2.01. The Bertz CT molecular complexity index is 579. The van der Waals surface area contributed by atoms with Crippen molar-refractivity contribution < 1.29 is 18.5 Å². The normalized spacial score (nSPS) is 11.1. The summed E-state index contributed by atoms with van der Waals surface area (Å²) in [5.41, 5.74) is 0. The average Bonchev–Trinajstić information content (AvgIpc) is 3.15. The molecule has 0 aliphatic rings. The first-order chi connectivity index (χ1) is 10.6. The molecule has 0 bridgehead atoms. The van der Waals surface area contributed by atoms with Crippen molar-refractivity contribution in [1.82, 2.24) is 19.9 Å². The van der Waals surface area contributed by atoms with Gasteiger partial charge in [0.2, 0.25) is 17.6 Å². The SMILES string of the molecule is COCCN(CC(=O)N(C)C)Cc1nc(-c2ccco2)no1. The van der Waals surface area contributed by atoms with Crippen LogP contribution in [0.3, 0.4) is 0 Å². The highest BCUT2D eigenvalue weighted by Gasteiger charge is 2.17. The van der Waals surface area contributed by atoms with Gasteiger partial charge in [-0.25, -0.2) is 0 Å². The van der Waals surface area contributed by atoms with Crippen LogP contribution < -0.4 is 0 Å². The molecule has 8 nitrogen and oxygen atoms in total. The van der Waals surface area contributed by atoms with Gasteiger partial charge in [0, 0.05) is 27.7 Å². The van der Waals surface area contributed by atoms with E-state index in [0.717, 1.165) is 0 Å².